The Morgan fingerprint density at radius 1 is 1.50 bits per heavy atom. The van der Waals surface area contributed by atoms with Gasteiger partial charge in [0.25, 0.3) is 0 Å². The highest BCUT2D eigenvalue weighted by Crippen LogP contribution is 2.30. The molecule has 18 heavy (non-hydrogen) atoms. The van der Waals surface area contributed by atoms with Crippen molar-refractivity contribution >= 4 is 40.2 Å². The van der Waals surface area contributed by atoms with E-state index in [9.17, 15) is 4.79 Å². The third-order valence-corrected chi connectivity index (χ3v) is 4.25. The molecule has 0 atom stereocenters. The van der Waals surface area contributed by atoms with Crippen molar-refractivity contribution in [2.45, 2.75) is 19.8 Å². The van der Waals surface area contributed by atoms with Crippen molar-refractivity contribution in [1.82, 2.24) is 9.97 Å². The molecular weight excluding hydrogens is 292 g/mol. The number of aryl methyl sites for hydroxylation is 1. The summed E-state index contributed by atoms with van der Waals surface area (Å²) in [6, 6.07) is 0. The smallest absolute Gasteiger partial charge is 0.306 e. The van der Waals surface area contributed by atoms with E-state index in [1.165, 1.54) is 22.7 Å². The van der Waals surface area contributed by atoms with Crippen LogP contribution in [-0.4, -0.2) is 22.5 Å². The number of ether oxygens (including phenoxy) is 1. The van der Waals surface area contributed by atoms with Crippen LogP contribution < -0.4 is 0 Å². The maximum atomic E-state index is 11.2. The van der Waals surface area contributed by atoms with Crippen molar-refractivity contribution in [2.75, 3.05) is 6.61 Å². The normalized spacial score (nSPS) is 10.6. The first-order chi connectivity index (χ1) is 8.69. The van der Waals surface area contributed by atoms with E-state index in [4.69, 9.17) is 16.3 Å². The SMILES string of the molecule is CCOC(=O)CCc1csc(-c2ncc(Cl)s2)n1. The highest BCUT2D eigenvalue weighted by atomic mass is 35.5. The second kappa shape index (κ2) is 6.26. The molecule has 0 fully saturated rings. The summed E-state index contributed by atoms with van der Waals surface area (Å²) >= 11 is 8.73. The van der Waals surface area contributed by atoms with Crippen LogP contribution in [0.25, 0.3) is 10.0 Å². The van der Waals surface area contributed by atoms with E-state index < -0.39 is 0 Å². The molecule has 0 spiro atoms. The van der Waals surface area contributed by atoms with Gasteiger partial charge >= 0.3 is 5.97 Å². The summed E-state index contributed by atoms with van der Waals surface area (Å²) in [4.78, 5) is 19.8. The maximum Gasteiger partial charge on any atom is 0.306 e. The molecule has 0 unspecified atom stereocenters. The first kappa shape index (κ1) is 13.5. The van der Waals surface area contributed by atoms with Gasteiger partial charge in [-0.3, -0.25) is 4.79 Å². The van der Waals surface area contributed by atoms with Crippen molar-refractivity contribution in [2.24, 2.45) is 0 Å². The number of hydrogen-bond donors (Lipinski definition) is 0. The van der Waals surface area contributed by atoms with E-state index in [0.29, 0.717) is 23.8 Å². The van der Waals surface area contributed by atoms with Gasteiger partial charge in [-0.2, -0.15) is 0 Å². The van der Waals surface area contributed by atoms with Crippen molar-refractivity contribution in [3.63, 3.8) is 0 Å². The van der Waals surface area contributed by atoms with Crippen LogP contribution in [-0.2, 0) is 16.0 Å². The van der Waals surface area contributed by atoms with Crippen LogP contribution in [0.4, 0.5) is 0 Å². The van der Waals surface area contributed by atoms with Crippen molar-refractivity contribution in [3.05, 3.63) is 21.6 Å². The van der Waals surface area contributed by atoms with Gasteiger partial charge in [0.2, 0.25) is 0 Å². The average molecular weight is 303 g/mol. The summed E-state index contributed by atoms with van der Waals surface area (Å²) in [5, 5.41) is 3.59. The van der Waals surface area contributed by atoms with Crippen molar-refractivity contribution in [3.8, 4) is 10.0 Å². The monoisotopic (exact) mass is 302 g/mol. The summed E-state index contributed by atoms with van der Waals surface area (Å²) in [5.41, 5.74) is 0.884. The minimum atomic E-state index is -0.190. The lowest BCUT2D eigenvalue weighted by Crippen LogP contribution is -2.05. The molecule has 0 saturated carbocycles. The zero-order valence-electron chi connectivity index (χ0n) is 9.68. The molecule has 2 heterocycles. The van der Waals surface area contributed by atoms with Crippen LogP contribution in [0.1, 0.15) is 19.0 Å². The number of rotatable bonds is 5. The molecule has 0 aliphatic rings. The van der Waals surface area contributed by atoms with Gasteiger partial charge in [0.05, 0.1) is 24.9 Å². The van der Waals surface area contributed by atoms with Crippen LogP contribution in [0.2, 0.25) is 4.34 Å². The van der Waals surface area contributed by atoms with E-state index in [-0.39, 0.29) is 5.97 Å². The summed E-state index contributed by atoms with van der Waals surface area (Å²) < 4.78 is 5.51. The first-order valence-corrected chi connectivity index (χ1v) is 7.48. The third-order valence-electron chi connectivity index (χ3n) is 2.10. The Morgan fingerprint density at radius 3 is 3.00 bits per heavy atom. The molecule has 0 N–H and O–H groups in total. The second-order valence-corrected chi connectivity index (χ2v) is 5.94. The van der Waals surface area contributed by atoms with Gasteiger partial charge in [-0.1, -0.05) is 22.9 Å². The minimum Gasteiger partial charge on any atom is -0.466 e. The van der Waals surface area contributed by atoms with Crippen LogP contribution in [0.15, 0.2) is 11.6 Å². The molecule has 2 rings (SSSR count). The van der Waals surface area contributed by atoms with Gasteiger partial charge in [0.15, 0.2) is 10.0 Å². The molecule has 4 nitrogen and oxygen atoms in total. The van der Waals surface area contributed by atoms with Crippen LogP contribution in [0.3, 0.4) is 0 Å². The summed E-state index contributed by atoms with van der Waals surface area (Å²) in [6.45, 7) is 2.21. The Labute approximate surface area is 118 Å². The van der Waals surface area contributed by atoms with Crippen molar-refractivity contribution < 1.29 is 9.53 Å². The Bertz CT molecular complexity index is 539. The molecular formula is C11H11ClN2O2S2. The number of halogens is 1. The van der Waals surface area contributed by atoms with Gasteiger partial charge in [0, 0.05) is 11.8 Å². The molecule has 96 valence electrons. The number of carbonyl (C=O) groups excluding carboxylic acids is 1. The van der Waals surface area contributed by atoms with Gasteiger partial charge in [0.1, 0.15) is 4.34 Å². The highest BCUT2D eigenvalue weighted by Gasteiger charge is 2.10. The fourth-order valence-corrected chi connectivity index (χ4v) is 3.14. The molecule has 0 aliphatic carbocycles. The number of esters is 1. The minimum absolute atomic E-state index is 0.190. The Morgan fingerprint density at radius 2 is 2.33 bits per heavy atom. The topological polar surface area (TPSA) is 52.1 Å². The second-order valence-electron chi connectivity index (χ2n) is 3.42. The maximum absolute atomic E-state index is 11.2. The predicted molar refractivity (Wildman–Crippen MR) is 73.2 cm³/mol. The standard InChI is InChI=1S/C11H11ClN2O2S2/c1-2-16-9(15)4-3-7-6-17-11(14-7)10-13-5-8(12)18-10/h5-6H,2-4H2,1H3. The van der Waals surface area contributed by atoms with Gasteiger partial charge in [-0.05, 0) is 6.92 Å². The van der Waals surface area contributed by atoms with Crippen LogP contribution in [0.5, 0.6) is 0 Å². The molecule has 2 aromatic heterocycles. The summed E-state index contributed by atoms with van der Waals surface area (Å²) in [6.07, 6.45) is 2.56. The predicted octanol–water partition coefficient (Wildman–Crippen LogP) is 3.42. The lowest BCUT2D eigenvalue weighted by Gasteiger charge is -1.98. The molecule has 0 saturated heterocycles. The third kappa shape index (κ3) is 3.51. The first-order valence-electron chi connectivity index (χ1n) is 5.40. The Balaban J connectivity index is 1.96. The lowest BCUT2D eigenvalue weighted by atomic mass is 10.2. The Kier molecular flexibility index (Phi) is 4.68. The van der Waals surface area contributed by atoms with Crippen LogP contribution >= 0.6 is 34.3 Å². The largest absolute Gasteiger partial charge is 0.466 e. The van der Waals surface area contributed by atoms with Crippen LogP contribution in [0, 0.1) is 0 Å². The molecule has 0 radical (unpaired) electrons. The van der Waals surface area contributed by atoms with E-state index >= 15 is 0 Å². The fraction of sp³-hybridized carbons (Fsp3) is 0.364. The number of thiazole rings is 2. The number of nitrogens with zero attached hydrogens (tertiary/aromatic N) is 2. The average Bonchev–Trinajstić information content (AvgIpc) is 2.95. The van der Waals surface area contributed by atoms with Gasteiger partial charge in [-0.25, -0.2) is 9.97 Å². The Hall–Kier alpha value is -0.980. The van der Waals surface area contributed by atoms with Gasteiger partial charge < -0.3 is 4.74 Å². The summed E-state index contributed by atoms with van der Waals surface area (Å²) in [7, 11) is 0. The van der Waals surface area contributed by atoms with E-state index in [1.807, 2.05) is 5.38 Å². The fourth-order valence-electron chi connectivity index (χ4n) is 1.34. The number of carbonyl (C=O) groups is 1. The number of hydrogen-bond acceptors (Lipinski definition) is 6. The van der Waals surface area contributed by atoms with Gasteiger partial charge in [-0.15, -0.1) is 11.3 Å². The van der Waals surface area contributed by atoms with E-state index in [0.717, 1.165) is 15.7 Å². The highest BCUT2D eigenvalue weighted by molar-refractivity contribution is 7.22. The van der Waals surface area contributed by atoms with Crippen molar-refractivity contribution in [1.29, 1.82) is 0 Å². The number of aromatic nitrogens is 2. The molecule has 2 aromatic rings. The molecule has 0 amide bonds. The molecule has 7 heteroatoms. The summed E-state index contributed by atoms with van der Waals surface area (Å²) in [5.74, 6) is -0.190. The molecule has 0 bridgehead atoms. The van der Waals surface area contributed by atoms with E-state index in [1.54, 1.807) is 13.1 Å². The molecule has 0 aliphatic heterocycles. The van der Waals surface area contributed by atoms with E-state index in [2.05, 4.69) is 9.97 Å². The zero-order valence-corrected chi connectivity index (χ0v) is 12.1. The zero-order chi connectivity index (χ0) is 13.0. The molecule has 0 aromatic carbocycles. The lowest BCUT2D eigenvalue weighted by molar-refractivity contribution is -0.143. The quantitative estimate of drug-likeness (QED) is 0.794.